The molecule has 0 aliphatic carbocycles. The highest BCUT2D eigenvalue weighted by Crippen LogP contribution is 2.16. The summed E-state index contributed by atoms with van der Waals surface area (Å²) in [6, 6.07) is 11.2. The molecule has 0 bridgehead atoms. The van der Waals surface area contributed by atoms with Gasteiger partial charge >= 0.3 is 0 Å². The first kappa shape index (κ1) is 13.9. The van der Waals surface area contributed by atoms with E-state index in [1.54, 1.807) is 42.6 Å². The molecule has 0 saturated heterocycles. The predicted octanol–water partition coefficient (Wildman–Crippen LogP) is 2.02. The number of carbonyl (C=O) groups excluding carboxylic acids is 1. The van der Waals surface area contributed by atoms with E-state index in [4.69, 9.17) is 5.73 Å². The molecular formula is C15H17N3O2. The number of amides is 1. The van der Waals surface area contributed by atoms with Crippen molar-refractivity contribution >= 4 is 17.3 Å². The normalized spacial score (nSPS) is 11.8. The largest absolute Gasteiger partial charge is 0.399 e. The molecule has 5 heteroatoms. The fourth-order valence-electron chi connectivity index (χ4n) is 2.05. The first-order valence-corrected chi connectivity index (χ1v) is 6.45. The van der Waals surface area contributed by atoms with Crippen molar-refractivity contribution in [2.45, 2.75) is 19.4 Å². The number of benzene rings is 1. The van der Waals surface area contributed by atoms with Gasteiger partial charge in [-0.3, -0.25) is 9.59 Å². The average Bonchev–Trinajstić information content (AvgIpc) is 2.41. The average molecular weight is 271 g/mol. The summed E-state index contributed by atoms with van der Waals surface area (Å²) in [5, 5.41) is 2.78. The fraction of sp³-hybridized carbons (Fsp3) is 0.200. The number of carbonyl (C=O) groups is 1. The molecule has 1 amide bonds. The molecule has 1 aromatic carbocycles. The lowest BCUT2D eigenvalue weighted by atomic mass is 10.2. The summed E-state index contributed by atoms with van der Waals surface area (Å²) in [6.45, 7) is 1.86. The maximum absolute atomic E-state index is 12.3. The smallest absolute Gasteiger partial charge is 0.251 e. The van der Waals surface area contributed by atoms with Crippen molar-refractivity contribution in [3.8, 4) is 0 Å². The second-order valence-electron chi connectivity index (χ2n) is 4.48. The maximum atomic E-state index is 12.3. The second kappa shape index (κ2) is 6.06. The van der Waals surface area contributed by atoms with Crippen molar-refractivity contribution in [3.05, 3.63) is 59.0 Å². The molecule has 2 aromatic rings. The number of nitrogens with zero attached hydrogens (tertiary/aromatic N) is 1. The van der Waals surface area contributed by atoms with Gasteiger partial charge in [0.1, 0.15) is 6.04 Å². The molecular weight excluding hydrogens is 254 g/mol. The summed E-state index contributed by atoms with van der Waals surface area (Å²) in [5.41, 5.74) is 6.68. The third-order valence-electron chi connectivity index (χ3n) is 3.03. The number of nitrogen functional groups attached to an aromatic ring is 1. The zero-order chi connectivity index (χ0) is 14.5. The molecule has 1 atom stereocenters. The van der Waals surface area contributed by atoms with Gasteiger partial charge in [0.2, 0.25) is 5.91 Å². The van der Waals surface area contributed by atoms with Gasteiger partial charge in [-0.05, 0) is 30.7 Å². The summed E-state index contributed by atoms with van der Waals surface area (Å²) >= 11 is 0. The summed E-state index contributed by atoms with van der Waals surface area (Å²) < 4.78 is 1.43. The van der Waals surface area contributed by atoms with E-state index in [0.717, 1.165) is 0 Å². The predicted molar refractivity (Wildman–Crippen MR) is 79.5 cm³/mol. The van der Waals surface area contributed by atoms with Crippen LogP contribution in [-0.2, 0) is 4.79 Å². The Hall–Kier alpha value is -2.56. The van der Waals surface area contributed by atoms with Crippen LogP contribution in [-0.4, -0.2) is 10.5 Å². The van der Waals surface area contributed by atoms with E-state index in [-0.39, 0.29) is 11.5 Å². The summed E-state index contributed by atoms with van der Waals surface area (Å²) in [7, 11) is 0. The van der Waals surface area contributed by atoms with Gasteiger partial charge in [0.25, 0.3) is 5.56 Å². The molecule has 3 N–H and O–H groups in total. The number of hydrogen-bond acceptors (Lipinski definition) is 3. The number of pyridine rings is 1. The number of aromatic nitrogens is 1. The minimum absolute atomic E-state index is 0.193. The Morgan fingerprint density at radius 3 is 2.75 bits per heavy atom. The van der Waals surface area contributed by atoms with E-state index in [9.17, 15) is 9.59 Å². The van der Waals surface area contributed by atoms with Crippen LogP contribution in [0, 0.1) is 0 Å². The van der Waals surface area contributed by atoms with Crippen LogP contribution in [0.1, 0.15) is 19.4 Å². The van der Waals surface area contributed by atoms with Crippen LogP contribution < -0.4 is 16.6 Å². The Balaban J connectivity index is 2.22. The van der Waals surface area contributed by atoms with Crippen LogP contribution in [0.15, 0.2) is 53.5 Å². The molecule has 104 valence electrons. The van der Waals surface area contributed by atoms with E-state index in [2.05, 4.69) is 5.32 Å². The first-order chi connectivity index (χ1) is 9.61. The maximum Gasteiger partial charge on any atom is 0.251 e. The van der Waals surface area contributed by atoms with Gasteiger partial charge in [-0.25, -0.2) is 0 Å². The molecule has 0 fully saturated rings. The summed E-state index contributed by atoms with van der Waals surface area (Å²) in [4.78, 5) is 24.1. The molecule has 0 aliphatic rings. The molecule has 1 heterocycles. The Morgan fingerprint density at radius 2 is 2.10 bits per heavy atom. The summed E-state index contributed by atoms with van der Waals surface area (Å²) in [5.74, 6) is -0.230. The Morgan fingerprint density at radius 1 is 1.30 bits per heavy atom. The Labute approximate surface area is 117 Å². The lowest BCUT2D eigenvalue weighted by Crippen LogP contribution is -2.32. The second-order valence-corrected chi connectivity index (χ2v) is 4.48. The van der Waals surface area contributed by atoms with E-state index < -0.39 is 6.04 Å². The Bertz CT molecular complexity index is 664. The topological polar surface area (TPSA) is 77.1 Å². The van der Waals surface area contributed by atoms with Crippen molar-refractivity contribution in [1.82, 2.24) is 4.57 Å². The van der Waals surface area contributed by atoms with Crippen LogP contribution >= 0.6 is 0 Å². The highest BCUT2D eigenvalue weighted by Gasteiger charge is 2.19. The molecule has 0 aliphatic heterocycles. The standard InChI is InChI=1S/C15H17N3O2/c1-2-13(18-9-4-3-8-14(18)19)15(20)17-12-7-5-6-11(16)10-12/h3-10,13H,2,16H2,1H3,(H,17,20). The minimum atomic E-state index is -0.537. The zero-order valence-electron chi connectivity index (χ0n) is 11.2. The van der Waals surface area contributed by atoms with E-state index in [1.165, 1.54) is 10.6 Å². The van der Waals surface area contributed by atoms with Crippen molar-refractivity contribution in [2.75, 3.05) is 11.1 Å². The molecule has 0 spiro atoms. The first-order valence-electron chi connectivity index (χ1n) is 6.45. The van der Waals surface area contributed by atoms with Gasteiger partial charge in [-0.15, -0.1) is 0 Å². The molecule has 5 nitrogen and oxygen atoms in total. The highest BCUT2D eigenvalue weighted by molar-refractivity contribution is 5.94. The summed E-state index contributed by atoms with van der Waals surface area (Å²) in [6.07, 6.45) is 2.15. The Kier molecular flexibility index (Phi) is 4.20. The van der Waals surface area contributed by atoms with Gasteiger partial charge in [-0.2, -0.15) is 0 Å². The molecule has 1 unspecified atom stereocenters. The lowest BCUT2D eigenvalue weighted by Gasteiger charge is -2.17. The highest BCUT2D eigenvalue weighted by atomic mass is 16.2. The third-order valence-corrected chi connectivity index (χ3v) is 3.03. The van der Waals surface area contributed by atoms with Crippen molar-refractivity contribution in [3.63, 3.8) is 0 Å². The van der Waals surface area contributed by atoms with Gasteiger partial charge in [0, 0.05) is 23.6 Å². The number of hydrogen-bond donors (Lipinski definition) is 2. The molecule has 20 heavy (non-hydrogen) atoms. The zero-order valence-corrected chi connectivity index (χ0v) is 11.2. The number of anilines is 2. The quantitative estimate of drug-likeness (QED) is 0.835. The molecule has 1 aromatic heterocycles. The van der Waals surface area contributed by atoms with Gasteiger partial charge in [0.05, 0.1) is 0 Å². The van der Waals surface area contributed by atoms with Crippen LogP contribution in [0.5, 0.6) is 0 Å². The monoisotopic (exact) mass is 271 g/mol. The van der Waals surface area contributed by atoms with E-state index >= 15 is 0 Å². The van der Waals surface area contributed by atoms with Crippen molar-refractivity contribution in [1.29, 1.82) is 0 Å². The van der Waals surface area contributed by atoms with E-state index in [0.29, 0.717) is 17.8 Å². The SMILES string of the molecule is CCC(C(=O)Nc1cccc(N)c1)n1ccccc1=O. The molecule has 0 saturated carbocycles. The van der Waals surface area contributed by atoms with Crippen molar-refractivity contribution < 1.29 is 4.79 Å². The van der Waals surface area contributed by atoms with Gasteiger partial charge < -0.3 is 15.6 Å². The van der Waals surface area contributed by atoms with Crippen LogP contribution in [0.25, 0.3) is 0 Å². The molecule has 0 radical (unpaired) electrons. The van der Waals surface area contributed by atoms with E-state index in [1.807, 2.05) is 6.92 Å². The van der Waals surface area contributed by atoms with Crippen molar-refractivity contribution in [2.24, 2.45) is 0 Å². The minimum Gasteiger partial charge on any atom is -0.399 e. The van der Waals surface area contributed by atoms with Crippen LogP contribution in [0.2, 0.25) is 0 Å². The number of nitrogens with two attached hydrogens (primary N) is 1. The number of rotatable bonds is 4. The van der Waals surface area contributed by atoms with Crippen LogP contribution in [0.4, 0.5) is 11.4 Å². The lowest BCUT2D eigenvalue weighted by molar-refractivity contribution is -0.119. The van der Waals surface area contributed by atoms with Crippen LogP contribution in [0.3, 0.4) is 0 Å². The third kappa shape index (κ3) is 3.06. The van der Waals surface area contributed by atoms with Gasteiger partial charge in [-0.1, -0.05) is 19.1 Å². The number of nitrogens with one attached hydrogen (secondary N) is 1. The van der Waals surface area contributed by atoms with Gasteiger partial charge in [0.15, 0.2) is 0 Å². The molecule has 2 rings (SSSR count). The fourth-order valence-corrected chi connectivity index (χ4v) is 2.05.